The summed E-state index contributed by atoms with van der Waals surface area (Å²) >= 11 is 0. The third kappa shape index (κ3) is 3.73. The molecule has 1 heterocycles. The molecule has 0 amide bonds. The highest BCUT2D eigenvalue weighted by Gasteiger charge is 2.40. The number of nitrogens with zero attached hydrogens (tertiary/aromatic N) is 1. The second-order valence-corrected chi connectivity index (χ2v) is 4.62. The molecule has 0 aliphatic rings. The number of aromatic nitrogens is 1. The fourth-order valence-corrected chi connectivity index (χ4v) is 1.82. The van der Waals surface area contributed by atoms with Gasteiger partial charge in [0, 0.05) is 5.56 Å². The number of benzene rings is 1. The van der Waals surface area contributed by atoms with Crippen LogP contribution in [0.3, 0.4) is 0 Å². The second-order valence-electron chi connectivity index (χ2n) is 4.62. The van der Waals surface area contributed by atoms with E-state index in [0.717, 1.165) is 24.3 Å². The molecule has 1 atom stereocenters. The van der Waals surface area contributed by atoms with Crippen LogP contribution in [-0.4, -0.2) is 21.4 Å². The molecule has 1 unspecified atom stereocenters. The molecule has 2 rings (SSSR count). The molecular weight excluding hydrogens is 328 g/mol. The number of aliphatic hydroxyl groups is 1. The zero-order valence-corrected chi connectivity index (χ0v) is 11.2. The van der Waals surface area contributed by atoms with Crippen molar-refractivity contribution in [2.75, 3.05) is 0 Å². The smallest absolute Gasteiger partial charge is 0.420 e. The van der Waals surface area contributed by atoms with Gasteiger partial charge in [0.2, 0.25) is 0 Å². The van der Waals surface area contributed by atoms with Crippen LogP contribution < -0.4 is 0 Å². The molecule has 0 fully saturated rings. The topological polar surface area (TPSA) is 53.4 Å². The number of halogens is 6. The SMILES string of the molecule is Oc1ccc(C(O)C(F)(F)F)nc1-c1ccc(C(F)(F)F)cc1. The van der Waals surface area contributed by atoms with Crippen LogP contribution in [-0.2, 0) is 6.18 Å². The van der Waals surface area contributed by atoms with Crippen LogP contribution in [0.2, 0.25) is 0 Å². The van der Waals surface area contributed by atoms with E-state index in [-0.39, 0.29) is 11.3 Å². The molecule has 1 aromatic carbocycles. The van der Waals surface area contributed by atoms with E-state index in [0.29, 0.717) is 12.1 Å². The van der Waals surface area contributed by atoms with Crippen LogP contribution in [0.5, 0.6) is 5.75 Å². The molecule has 0 radical (unpaired) electrons. The van der Waals surface area contributed by atoms with Gasteiger partial charge < -0.3 is 10.2 Å². The minimum absolute atomic E-state index is 0.0216. The third-order valence-corrected chi connectivity index (χ3v) is 2.97. The quantitative estimate of drug-likeness (QED) is 0.813. The predicted octanol–water partition coefficient (Wildman–Crippen LogP) is 4.07. The van der Waals surface area contributed by atoms with Gasteiger partial charge in [-0.25, -0.2) is 4.98 Å². The van der Waals surface area contributed by atoms with Crippen molar-refractivity contribution in [3.8, 4) is 17.0 Å². The van der Waals surface area contributed by atoms with Crippen molar-refractivity contribution >= 4 is 0 Å². The molecule has 124 valence electrons. The summed E-state index contributed by atoms with van der Waals surface area (Å²) < 4.78 is 74.9. The van der Waals surface area contributed by atoms with Gasteiger partial charge in [0.05, 0.1) is 11.3 Å². The number of aliphatic hydroxyl groups excluding tert-OH is 1. The van der Waals surface area contributed by atoms with Gasteiger partial charge in [-0.15, -0.1) is 0 Å². The van der Waals surface area contributed by atoms with E-state index in [9.17, 15) is 31.4 Å². The molecule has 0 saturated heterocycles. The van der Waals surface area contributed by atoms with Gasteiger partial charge >= 0.3 is 12.4 Å². The normalized spacial score (nSPS) is 13.9. The Balaban J connectivity index is 2.43. The number of hydrogen-bond donors (Lipinski definition) is 2. The van der Waals surface area contributed by atoms with Crippen molar-refractivity contribution in [1.29, 1.82) is 0 Å². The maximum absolute atomic E-state index is 12.5. The summed E-state index contributed by atoms with van der Waals surface area (Å²) in [4.78, 5) is 3.50. The van der Waals surface area contributed by atoms with Crippen LogP contribution >= 0.6 is 0 Å². The Bertz CT molecular complexity index is 694. The van der Waals surface area contributed by atoms with Gasteiger partial charge in [-0.2, -0.15) is 26.3 Å². The van der Waals surface area contributed by atoms with Crippen molar-refractivity contribution in [2.45, 2.75) is 18.5 Å². The highest BCUT2D eigenvalue weighted by molar-refractivity contribution is 5.66. The first-order chi connectivity index (χ1) is 10.5. The summed E-state index contributed by atoms with van der Waals surface area (Å²) in [5, 5.41) is 18.8. The maximum Gasteiger partial charge on any atom is 0.420 e. The summed E-state index contributed by atoms with van der Waals surface area (Å²) in [6.45, 7) is 0. The molecule has 9 heteroatoms. The molecule has 23 heavy (non-hydrogen) atoms. The Hall–Kier alpha value is -2.29. The van der Waals surface area contributed by atoms with E-state index in [4.69, 9.17) is 5.11 Å². The van der Waals surface area contributed by atoms with Crippen molar-refractivity contribution in [3.05, 3.63) is 47.7 Å². The zero-order valence-electron chi connectivity index (χ0n) is 11.2. The Morgan fingerprint density at radius 1 is 0.870 bits per heavy atom. The summed E-state index contributed by atoms with van der Waals surface area (Å²) in [5.74, 6) is -0.525. The van der Waals surface area contributed by atoms with Gasteiger partial charge in [0.15, 0.2) is 6.10 Å². The molecule has 2 N–H and O–H groups in total. The summed E-state index contributed by atoms with van der Waals surface area (Å²) in [7, 11) is 0. The van der Waals surface area contributed by atoms with E-state index in [1.54, 1.807) is 0 Å². The van der Waals surface area contributed by atoms with Crippen LogP contribution in [0.25, 0.3) is 11.3 Å². The second kappa shape index (κ2) is 5.73. The van der Waals surface area contributed by atoms with Crippen molar-refractivity contribution < 1.29 is 36.6 Å². The van der Waals surface area contributed by atoms with Gasteiger partial charge in [-0.3, -0.25) is 0 Å². The molecule has 1 aromatic heterocycles. The Morgan fingerprint density at radius 2 is 1.43 bits per heavy atom. The van der Waals surface area contributed by atoms with Crippen molar-refractivity contribution in [2.24, 2.45) is 0 Å². The largest absolute Gasteiger partial charge is 0.506 e. The van der Waals surface area contributed by atoms with Crippen molar-refractivity contribution in [3.63, 3.8) is 0 Å². The van der Waals surface area contributed by atoms with Crippen LogP contribution in [0.1, 0.15) is 17.4 Å². The highest BCUT2D eigenvalue weighted by atomic mass is 19.4. The lowest BCUT2D eigenvalue weighted by Gasteiger charge is -2.15. The van der Waals surface area contributed by atoms with Crippen LogP contribution in [0.4, 0.5) is 26.3 Å². The molecule has 0 saturated carbocycles. The molecular formula is C14H9F6NO2. The van der Waals surface area contributed by atoms with Crippen LogP contribution in [0, 0.1) is 0 Å². The van der Waals surface area contributed by atoms with Crippen molar-refractivity contribution in [1.82, 2.24) is 4.98 Å². The molecule has 0 aliphatic heterocycles. The molecule has 0 aliphatic carbocycles. The van der Waals surface area contributed by atoms with E-state index in [1.165, 1.54) is 0 Å². The van der Waals surface area contributed by atoms with E-state index < -0.39 is 35.5 Å². The number of hydrogen-bond acceptors (Lipinski definition) is 3. The fraction of sp³-hybridized carbons (Fsp3) is 0.214. The number of aromatic hydroxyl groups is 1. The summed E-state index contributed by atoms with van der Waals surface area (Å²) in [6.07, 6.45) is -12.4. The van der Waals surface area contributed by atoms with E-state index >= 15 is 0 Å². The van der Waals surface area contributed by atoms with E-state index in [1.807, 2.05) is 0 Å². The first-order valence-electron chi connectivity index (χ1n) is 6.12. The Kier molecular flexibility index (Phi) is 4.25. The Morgan fingerprint density at radius 3 is 1.91 bits per heavy atom. The minimum atomic E-state index is -4.96. The van der Waals surface area contributed by atoms with E-state index in [2.05, 4.69) is 4.98 Å². The zero-order chi connectivity index (χ0) is 17.4. The third-order valence-electron chi connectivity index (χ3n) is 2.97. The minimum Gasteiger partial charge on any atom is -0.506 e. The Labute approximate surface area is 125 Å². The average molecular weight is 337 g/mol. The lowest BCUT2D eigenvalue weighted by atomic mass is 10.1. The molecule has 0 bridgehead atoms. The fourth-order valence-electron chi connectivity index (χ4n) is 1.82. The molecule has 2 aromatic rings. The van der Waals surface area contributed by atoms with Gasteiger partial charge in [-0.1, -0.05) is 12.1 Å². The maximum atomic E-state index is 12.5. The highest BCUT2D eigenvalue weighted by Crippen LogP contribution is 2.36. The van der Waals surface area contributed by atoms with Gasteiger partial charge in [-0.05, 0) is 24.3 Å². The number of alkyl halides is 6. The predicted molar refractivity (Wildman–Crippen MR) is 67.4 cm³/mol. The lowest BCUT2D eigenvalue weighted by Crippen LogP contribution is -2.21. The summed E-state index contributed by atoms with van der Waals surface area (Å²) in [6, 6.07) is 5.02. The number of rotatable bonds is 2. The first kappa shape index (κ1) is 17.1. The number of pyridine rings is 1. The first-order valence-corrected chi connectivity index (χ1v) is 6.12. The molecule has 0 spiro atoms. The average Bonchev–Trinajstić information content (AvgIpc) is 2.45. The lowest BCUT2D eigenvalue weighted by molar-refractivity contribution is -0.207. The molecule has 3 nitrogen and oxygen atoms in total. The standard InChI is InChI=1S/C14H9F6NO2/c15-13(16,17)8-3-1-7(2-4-8)11-10(22)6-5-9(21-11)12(23)14(18,19)20/h1-6,12,22-23H. The van der Waals surface area contributed by atoms with Gasteiger partial charge in [0.1, 0.15) is 11.4 Å². The summed E-state index contributed by atoms with van der Waals surface area (Å²) in [5.41, 5.74) is -2.11. The van der Waals surface area contributed by atoms with Crippen LogP contribution in [0.15, 0.2) is 36.4 Å². The monoisotopic (exact) mass is 337 g/mol. The van der Waals surface area contributed by atoms with Gasteiger partial charge in [0.25, 0.3) is 0 Å².